The van der Waals surface area contributed by atoms with Gasteiger partial charge in [0.1, 0.15) is 11.6 Å². The highest BCUT2D eigenvalue weighted by Gasteiger charge is 2.12. The Hall–Kier alpha value is -1.89. The molecule has 1 aromatic carbocycles. The van der Waals surface area contributed by atoms with Gasteiger partial charge < -0.3 is 10.1 Å². The number of nitrogens with zero attached hydrogens (tertiary/aromatic N) is 1. The van der Waals surface area contributed by atoms with Crippen molar-refractivity contribution in [2.75, 3.05) is 5.75 Å². The summed E-state index contributed by atoms with van der Waals surface area (Å²) in [6.45, 7) is 1.48. The molecule has 0 spiro atoms. The molecule has 2 rings (SSSR count). The highest BCUT2D eigenvalue weighted by atomic mass is 32.2. The molecule has 0 unspecified atom stereocenters. The second-order valence-corrected chi connectivity index (χ2v) is 4.83. The Kier molecular flexibility index (Phi) is 3.84. The predicted octanol–water partition coefficient (Wildman–Crippen LogP) is 2.84. The van der Waals surface area contributed by atoms with Crippen LogP contribution in [-0.4, -0.2) is 26.8 Å². The molecular formula is C12H10F2N2O2S. The molecule has 4 nitrogen and oxygen atoms in total. The number of carboxylic acids is 1. The van der Waals surface area contributed by atoms with E-state index in [2.05, 4.69) is 9.97 Å². The summed E-state index contributed by atoms with van der Waals surface area (Å²) in [7, 11) is 0. The van der Waals surface area contributed by atoms with Gasteiger partial charge in [0.25, 0.3) is 0 Å². The molecule has 1 heterocycles. The third-order valence-corrected chi connectivity index (χ3v) is 3.30. The van der Waals surface area contributed by atoms with Crippen LogP contribution in [0.15, 0.2) is 23.5 Å². The summed E-state index contributed by atoms with van der Waals surface area (Å²) in [6, 6.07) is 2.19. The molecule has 0 radical (unpaired) electrons. The number of benzene rings is 1. The molecule has 19 heavy (non-hydrogen) atoms. The van der Waals surface area contributed by atoms with E-state index in [0.29, 0.717) is 10.9 Å². The van der Waals surface area contributed by atoms with Crippen LogP contribution in [0.4, 0.5) is 8.78 Å². The average molecular weight is 284 g/mol. The Morgan fingerprint density at radius 3 is 2.84 bits per heavy atom. The number of hydrogen-bond donors (Lipinski definition) is 2. The molecule has 0 atom stereocenters. The minimum absolute atomic E-state index is 0.0674. The Morgan fingerprint density at radius 1 is 1.42 bits per heavy atom. The second kappa shape index (κ2) is 5.40. The zero-order valence-corrected chi connectivity index (χ0v) is 10.7. The second-order valence-electron chi connectivity index (χ2n) is 3.87. The topological polar surface area (TPSA) is 66.0 Å². The number of carbonyl (C=O) groups is 1. The summed E-state index contributed by atoms with van der Waals surface area (Å²) in [6.07, 6.45) is 1.34. The van der Waals surface area contributed by atoms with Crippen LogP contribution in [0.3, 0.4) is 0 Å². The lowest BCUT2D eigenvalue weighted by atomic mass is 10.1. The van der Waals surface area contributed by atoms with E-state index in [1.807, 2.05) is 0 Å². The molecule has 0 fully saturated rings. The molecule has 0 bridgehead atoms. The first kappa shape index (κ1) is 13.5. The van der Waals surface area contributed by atoms with Crippen LogP contribution in [0.2, 0.25) is 0 Å². The summed E-state index contributed by atoms with van der Waals surface area (Å²) in [5, 5.41) is 8.88. The number of imidazole rings is 1. The molecule has 100 valence electrons. The number of carboxylic acid groups (broad SMARTS) is 1. The van der Waals surface area contributed by atoms with E-state index in [4.69, 9.17) is 5.11 Å². The Morgan fingerprint density at radius 2 is 2.16 bits per heavy atom. The number of H-pyrrole nitrogens is 1. The van der Waals surface area contributed by atoms with Gasteiger partial charge in [-0.15, -0.1) is 0 Å². The monoisotopic (exact) mass is 284 g/mol. The van der Waals surface area contributed by atoms with Crippen LogP contribution in [0, 0.1) is 18.6 Å². The molecular weight excluding hydrogens is 274 g/mol. The molecule has 7 heteroatoms. The van der Waals surface area contributed by atoms with Crippen LogP contribution in [-0.2, 0) is 4.79 Å². The predicted molar refractivity (Wildman–Crippen MR) is 67.0 cm³/mol. The summed E-state index contributed by atoms with van der Waals surface area (Å²) >= 11 is 0.975. The number of aryl methyl sites for hydroxylation is 1. The maximum absolute atomic E-state index is 13.7. The van der Waals surface area contributed by atoms with E-state index in [9.17, 15) is 13.6 Å². The van der Waals surface area contributed by atoms with Gasteiger partial charge in [0.2, 0.25) is 0 Å². The minimum Gasteiger partial charge on any atom is -0.481 e. The molecule has 0 aliphatic carbocycles. The quantitative estimate of drug-likeness (QED) is 0.847. The number of hydrogen-bond acceptors (Lipinski definition) is 3. The van der Waals surface area contributed by atoms with Crippen molar-refractivity contribution in [1.29, 1.82) is 0 Å². The standard InChI is InChI=1S/C12H10F2N2O2S/c1-6-2-9(14)7(3-8(6)13)10-4-15-12(16-10)19-5-11(17)18/h2-4H,5H2,1H3,(H,15,16)(H,17,18). The van der Waals surface area contributed by atoms with Gasteiger partial charge in [-0.2, -0.15) is 0 Å². The van der Waals surface area contributed by atoms with Gasteiger partial charge in [0.15, 0.2) is 5.16 Å². The number of thioether (sulfide) groups is 1. The number of nitrogens with one attached hydrogen (secondary N) is 1. The normalized spacial score (nSPS) is 10.7. The van der Waals surface area contributed by atoms with Gasteiger partial charge in [0.05, 0.1) is 17.6 Å². The van der Waals surface area contributed by atoms with Crippen molar-refractivity contribution in [3.8, 4) is 11.3 Å². The fourth-order valence-electron chi connectivity index (χ4n) is 1.50. The van der Waals surface area contributed by atoms with Crippen molar-refractivity contribution >= 4 is 17.7 Å². The van der Waals surface area contributed by atoms with Gasteiger partial charge in [0, 0.05) is 5.56 Å². The van der Waals surface area contributed by atoms with Crippen LogP contribution in [0.1, 0.15) is 5.56 Å². The highest BCUT2D eigenvalue weighted by Crippen LogP contribution is 2.26. The fraction of sp³-hybridized carbons (Fsp3) is 0.167. The van der Waals surface area contributed by atoms with E-state index in [1.165, 1.54) is 13.1 Å². The van der Waals surface area contributed by atoms with Gasteiger partial charge in [-0.3, -0.25) is 4.79 Å². The minimum atomic E-state index is -0.976. The van der Waals surface area contributed by atoms with E-state index < -0.39 is 17.6 Å². The first-order valence-electron chi connectivity index (χ1n) is 5.33. The van der Waals surface area contributed by atoms with Gasteiger partial charge in [-0.25, -0.2) is 13.8 Å². The van der Waals surface area contributed by atoms with E-state index in [-0.39, 0.29) is 16.9 Å². The zero-order chi connectivity index (χ0) is 14.0. The summed E-state index contributed by atoms with van der Waals surface area (Å²) in [4.78, 5) is 17.1. The van der Waals surface area contributed by atoms with Gasteiger partial charge in [-0.05, 0) is 24.6 Å². The first-order chi connectivity index (χ1) is 8.97. The van der Waals surface area contributed by atoms with Crippen molar-refractivity contribution in [3.05, 3.63) is 35.5 Å². The molecule has 0 aliphatic heterocycles. The molecule has 0 saturated carbocycles. The van der Waals surface area contributed by atoms with Crippen LogP contribution in [0.5, 0.6) is 0 Å². The van der Waals surface area contributed by atoms with Crippen molar-refractivity contribution in [2.24, 2.45) is 0 Å². The van der Waals surface area contributed by atoms with Crippen LogP contribution in [0.25, 0.3) is 11.3 Å². The average Bonchev–Trinajstić information content (AvgIpc) is 2.80. The molecule has 1 aromatic heterocycles. The van der Waals surface area contributed by atoms with E-state index in [0.717, 1.165) is 23.9 Å². The molecule has 2 aromatic rings. The molecule has 0 aliphatic rings. The lowest BCUT2D eigenvalue weighted by Crippen LogP contribution is -1.97. The number of halogens is 2. The molecule has 0 saturated heterocycles. The fourth-order valence-corrected chi connectivity index (χ4v) is 2.07. The van der Waals surface area contributed by atoms with E-state index in [1.54, 1.807) is 0 Å². The Bertz CT molecular complexity index is 628. The van der Waals surface area contributed by atoms with Crippen molar-refractivity contribution in [1.82, 2.24) is 9.97 Å². The third-order valence-electron chi connectivity index (χ3n) is 2.42. The SMILES string of the molecule is Cc1cc(F)c(-c2cnc(SCC(=O)O)[nH]2)cc1F. The lowest BCUT2D eigenvalue weighted by Gasteiger charge is -2.03. The number of rotatable bonds is 4. The number of aliphatic carboxylic acids is 1. The van der Waals surface area contributed by atoms with Crippen molar-refractivity contribution in [2.45, 2.75) is 12.1 Å². The highest BCUT2D eigenvalue weighted by molar-refractivity contribution is 7.99. The summed E-state index contributed by atoms with van der Waals surface area (Å²) in [5.41, 5.74) is 0.600. The number of aromatic amines is 1. The van der Waals surface area contributed by atoms with Crippen molar-refractivity contribution < 1.29 is 18.7 Å². The van der Waals surface area contributed by atoms with Crippen LogP contribution < -0.4 is 0 Å². The summed E-state index contributed by atoms with van der Waals surface area (Å²) in [5.74, 6) is -2.20. The summed E-state index contributed by atoms with van der Waals surface area (Å²) < 4.78 is 27.1. The molecule has 2 N–H and O–H groups in total. The van der Waals surface area contributed by atoms with Gasteiger partial charge >= 0.3 is 5.97 Å². The van der Waals surface area contributed by atoms with E-state index >= 15 is 0 Å². The maximum Gasteiger partial charge on any atom is 0.313 e. The van der Waals surface area contributed by atoms with Gasteiger partial charge in [-0.1, -0.05) is 11.8 Å². The Labute approximate surface area is 111 Å². The number of aromatic nitrogens is 2. The largest absolute Gasteiger partial charge is 0.481 e. The lowest BCUT2D eigenvalue weighted by molar-refractivity contribution is -0.133. The Balaban J connectivity index is 2.27. The van der Waals surface area contributed by atoms with Crippen LogP contribution >= 0.6 is 11.8 Å². The molecule has 0 amide bonds. The zero-order valence-electron chi connectivity index (χ0n) is 9.91. The van der Waals surface area contributed by atoms with Crippen molar-refractivity contribution in [3.63, 3.8) is 0 Å². The maximum atomic E-state index is 13.7. The smallest absolute Gasteiger partial charge is 0.313 e. The first-order valence-corrected chi connectivity index (χ1v) is 6.31. The third kappa shape index (κ3) is 3.11.